The lowest BCUT2D eigenvalue weighted by Gasteiger charge is -2.02. The van der Waals surface area contributed by atoms with Crippen molar-refractivity contribution in [3.05, 3.63) is 53.4 Å². The summed E-state index contributed by atoms with van der Waals surface area (Å²) >= 11 is 5.73. The van der Waals surface area contributed by atoms with Gasteiger partial charge >= 0.3 is 6.09 Å². The van der Waals surface area contributed by atoms with E-state index in [4.69, 9.17) is 20.9 Å². The van der Waals surface area contributed by atoms with E-state index in [9.17, 15) is 4.79 Å². The standard InChI is InChI=1S/C13H11ClN2O3/c1-9(12-3-2-8-18-12)16-19-13(17)15-11-6-4-10(14)5-7-11/h2-8H,1H3,(H,15,17)/b16-9+. The highest BCUT2D eigenvalue weighted by molar-refractivity contribution is 6.30. The lowest BCUT2D eigenvalue weighted by molar-refractivity contribution is 0.166. The number of nitrogens with one attached hydrogen (secondary N) is 1. The van der Waals surface area contributed by atoms with Crippen molar-refractivity contribution in [1.29, 1.82) is 0 Å². The molecule has 0 saturated carbocycles. The SMILES string of the molecule is C/C(=N\OC(=O)Nc1ccc(Cl)cc1)c1ccco1. The third-order valence-electron chi connectivity index (χ3n) is 2.23. The largest absolute Gasteiger partial charge is 0.463 e. The Hall–Kier alpha value is -2.27. The Morgan fingerprint density at radius 2 is 2.05 bits per heavy atom. The van der Waals surface area contributed by atoms with Crippen molar-refractivity contribution in [2.24, 2.45) is 5.16 Å². The van der Waals surface area contributed by atoms with E-state index in [0.29, 0.717) is 22.2 Å². The van der Waals surface area contributed by atoms with Gasteiger partial charge in [0.1, 0.15) is 5.71 Å². The van der Waals surface area contributed by atoms with Crippen molar-refractivity contribution in [2.45, 2.75) is 6.92 Å². The van der Waals surface area contributed by atoms with Gasteiger partial charge in [0, 0.05) is 10.7 Å². The van der Waals surface area contributed by atoms with Gasteiger partial charge in [-0.1, -0.05) is 16.8 Å². The zero-order valence-corrected chi connectivity index (χ0v) is 10.8. The van der Waals surface area contributed by atoms with E-state index in [1.807, 2.05) is 0 Å². The van der Waals surface area contributed by atoms with Crippen LogP contribution in [-0.4, -0.2) is 11.8 Å². The molecular weight excluding hydrogens is 268 g/mol. The summed E-state index contributed by atoms with van der Waals surface area (Å²) in [5.74, 6) is 0.541. The predicted molar refractivity (Wildman–Crippen MR) is 72.5 cm³/mol. The summed E-state index contributed by atoms with van der Waals surface area (Å²) in [5, 5.41) is 6.77. The monoisotopic (exact) mass is 278 g/mol. The normalized spacial score (nSPS) is 11.2. The molecule has 19 heavy (non-hydrogen) atoms. The highest BCUT2D eigenvalue weighted by Crippen LogP contribution is 2.13. The van der Waals surface area contributed by atoms with Gasteiger partial charge in [-0.25, -0.2) is 4.79 Å². The van der Waals surface area contributed by atoms with E-state index in [1.54, 1.807) is 43.3 Å². The zero-order chi connectivity index (χ0) is 13.7. The summed E-state index contributed by atoms with van der Waals surface area (Å²) in [6.45, 7) is 1.68. The molecular formula is C13H11ClN2O3. The van der Waals surface area contributed by atoms with E-state index in [1.165, 1.54) is 6.26 Å². The Morgan fingerprint density at radius 3 is 2.68 bits per heavy atom. The van der Waals surface area contributed by atoms with E-state index in [-0.39, 0.29) is 0 Å². The van der Waals surface area contributed by atoms with Crippen molar-refractivity contribution in [3.8, 4) is 0 Å². The summed E-state index contributed by atoms with van der Waals surface area (Å²) in [5.41, 5.74) is 1.04. The van der Waals surface area contributed by atoms with E-state index in [0.717, 1.165) is 0 Å². The minimum atomic E-state index is -0.687. The van der Waals surface area contributed by atoms with Gasteiger partial charge in [0.2, 0.25) is 0 Å². The first-order valence-electron chi connectivity index (χ1n) is 5.47. The molecule has 2 aromatic rings. The maximum atomic E-state index is 11.5. The quantitative estimate of drug-likeness (QED) is 0.526. The molecule has 0 unspecified atom stereocenters. The van der Waals surface area contributed by atoms with E-state index in [2.05, 4.69) is 10.5 Å². The predicted octanol–water partition coefficient (Wildman–Crippen LogP) is 3.91. The third-order valence-corrected chi connectivity index (χ3v) is 2.49. The number of carbonyl (C=O) groups excluding carboxylic acids is 1. The van der Waals surface area contributed by atoms with Crippen molar-refractivity contribution in [3.63, 3.8) is 0 Å². The van der Waals surface area contributed by atoms with Gasteiger partial charge in [-0.2, -0.15) is 0 Å². The summed E-state index contributed by atoms with van der Waals surface area (Å²) < 4.78 is 5.10. The maximum absolute atomic E-state index is 11.5. The molecule has 1 heterocycles. The average Bonchev–Trinajstić information content (AvgIpc) is 2.93. The lowest BCUT2D eigenvalue weighted by Crippen LogP contribution is -2.11. The Labute approximate surface area is 114 Å². The molecule has 0 radical (unpaired) electrons. The molecule has 1 aromatic carbocycles. The lowest BCUT2D eigenvalue weighted by atomic mass is 10.3. The van der Waals surface area contributed by atoms with Gasteiger partial charge in [-0.3, -0.25) is 10.2 Å². The third kappa shape index (κ3) is 3.86. The fourth-order valence-corrected chi connectivity index (χ4v) is 1.44. The summed E-state index contributed by atoms with van der Waals surface area (Å²) in [4.78, 5) is 16.2. The molecule has 98 valence electrons. The smallest absolute Gasteiger partial charge is 0.437 e. The van der Waals surface area contributed by atoms with Gasteiger partial charge in [0.15, 0.2) is 5.76 Å². The number of hydrogen-bond acceptors (Lipinski definition) is 4. The van der Waals surface area contributed by atoms with Crippen LogP contribution >= 0.6 is 11.6 Å². The molecule has 0 bridgehead atoms. The second kappa shape index (κ2) is 6.06. The Balaban J connectivity index is 1.91. The molecule has 6 heteroatoms. The number of furan rings is 1. The molecule has 0 aliphatic rings. The number of nitrogens with zero attached hydrogens (tertiary/aromatic N) is 1. The van der Waals surface area contributed by atoms with E-state index >= 15 is 0 Å². The van der Waals surface area contributed by atoms with Crippen LogP contribution in [0.4, 0.5) is 10.5 Å². The van der Waals surface area contributed by atoms with Crippen LogP contribution in [0, 0.1) is 0 Å². The number of rotatable bonds is 3. The number of amides is 1. The molecule has 1 aromatic heterocycles. The van der Waals surface area contributed by atoms with E-state index < -0.39 is 6.09 Å². The minimum Gasteiger partial charge on any atom is -0.463 e. The van der Waals surface area contributed by atoms with Crippen LogP contribution in [0.5, 0.6) is 0 Å². The maximum Gasteiger partial charge on any atom is 0.437 e. The van der Waals surface area contributed by atoms with Crippen LogP contribution in [0.3, 0.4) is 0 Å². The summed E-state index contributed by atoms with van der Waals surface area (Å²) in [7, 11) is 0. The van der Waals surface area contributed by atoms with Crippen LogP contribution in [0.25, 0.3) is 0 Å². The fraction of sp³-hybridized carbons (Fsp3) is 0.0769. The van der Waals surface area contributed by atoms with Crippen LogP contribution < -0.4 is 5.32 Å². The van der Waals surface area contributed by atoms with Crippen molar-refractivity contribution >= 4 is 29.1 Å². The van der Waals surface area contributed by atoms with Crippen molar-refractivity contribution < 1.29 is 14.0 Å². The molecule has 0 fully saturated rings. The van der Waals surface area contributed by atoms with Gasteiger partial charge in [0.05, 0.1) is 6.26 Å². The topological polar surface area (TPSA) is 63.8 Å². The molecule has 0 aliphatic carbocycles. The van der Waals surface area contributed by atoms with Crippen molar-refractivity contribution in [2.75, 3.05) is 5.32 Å². The van der Waals surface area contributed by atoms with Crippen LogP contribution in [0.1, 0.15) is 12.7 Å². The first-order chi connectivity index (χ1) is 9.15. The first kappa shape index (κ1) is 13.2. The second-order valence-electron chi connectivity index (χ2n) is 3.66. The molecule has 0 saturated heterocycles. The summed E-state index contributed by atoms with van der Waals surface area (Å²) in [6.07, 6.45) is 0.829. The minimum absolute atomic E-state index is 0.469. The fourth-order valence-electron chi connectivity index (χ4n) is 1.31. The number of halogens is 1. The molecule has 1 amide bonds. The summed E-state index contributed by atoms with van der Waals surface area (Å²) in [6, 6.07) is 10.1. The number of hydrogen-bond donors (Lipinski definition) is 1. The van der Waals surface area contributed by atoms with Crippen molar-refractivity contribution in [1.82, 2.24) is 0 Å². The van der Waals surface area contributed by atoms with Gasteiger partial charge in [-0.05, 0) is 43.3 Å². The van der Waals surface area contributed by atoms with Gasteiger partial charge in [0.25, 0.3) is 0 Å². The highest BCUT2D eigenvalue weighted by Gasteiger charge is 2.05. The Kier molecular flexibility index (Phi) is 4.20. The number of anilines is 1. The molecule has 2 rings (SSSR count). The Morgan fingerprint density at radius 1 is 1.32 bits per heavy atom. The number of carbonyl (C=O) groups is 1. The Bertz CT molecular complexity index is 576. The first-order valence-corrected chi connectivity index (χ1v) is 5.85. The molecule has 5 nitrogen and oxygen atoms in total. The molecule has 1 N–H and O–H groups in total. The molecule has 0 atom stereocenters. The molecule has 0 aliphatic heterocycles. The van der Waals surface area contributed by atoms with Gasteiger partial charge < -0.3 is 4.42 Å². The number of benzene rings is 1. The van der Waals surface area contributed by atoms with Crippen LogP contribution in [0.2, 0.25) is 5.02 Å². The average molecular weight is 279 g/mol. The van der Waals surface area contributed by atoms with Crippen LogP contribution in [0.15, 0.2) is 52.2 Å². The zero-order valence-electron chi connectivity index (χ0n) is 10.1. The molecule has 0 spiro atoms. The van der Waals surface area contributed by atoms with Gasteiger partial charge in [-0.15, -0.1) is 0 Å². The highest BCUT2D eigenvalue weighted by atomic mass is 35.5. The number of oxime groups is 1. The van der Waals surface area contributed by atoms with Crippen LogP contribution in [-0.2, 0) is 4.84 Å². The second-order valence-corrected chi connectivity index (χ2v) is 4.10.